The van der Waals surface area contributed by atoms with Gasteiger partial charge in [0.25, 0.3) is 5.91 Å². The number of anilines is 1. The summed E-state index contributed by atoms with van der Waals surface area (Å²) in [5.74, 6) is -0.721. The summed E-state index contributed by atoms with van der Waals surface area (Å²) in [6.07, 6.45) is 3.18. The van der Waals surface area contributed by atoms with E-state index in [9.17, 15) is 28.8 Å². The van der Waals surface area contributed by atoms with Gasteiger partial charge in [0.2, 0.25) is 11.8 Å². The van der Waals surface area contributed by atoms with E-state index in [2.05, 4.69) is 15.5 Å². The van der Waals surface area contributed by atoms with Crippen molar-refractivity contribution in [1.29, 1.82) is 0 Å². The van der Waals surface area contributed by atoms with Crippen molar-refractivity contribution in [1.82, 2.24) is 20.4 Å². The topological polar surface area (TPSA) is 164 Å². The van der Waals surface area contributed by atoms with Gasteiger partial charge in [0.15, 0.2) is 0 Å². The van der Waals surface area contributed by atoms with Crippen molar-refractivity contribution < 1.29 is 43.0 Å². The van der Waals surface area contributed by atoms with Crippen LogP contribution in [0.4, 0.5) is 20.1 Å². The first kappa shape index (κ1) is 41.4. The van der Waals surface area contributed by atoms with Gasteiger partial charge in [-0.2, -0.15) is 0 Å². The second kappa shape index (κ2) is 16.8. The molecule has 14 nitrogen and oxygen atoms in total. The minimum Gasteiger partial charge on any atom is -0.449 e. The number of amides is 6. The predicted molar refractivity (Wildman–Crippen MR) is 198 cm³/mol. The van der Waals surface area contributed by atoms with Crippen LogP contribution in [0.2, 0.25) is 0 Å². The largest absolute Gasteiger partial charge is 0.449 e. The van der Waals surface area contributed by atoms with E-state index in [4.69, 9.17) is 14.2 Å². The molecule has 1 saturated carbocycles. The van der Waals surface area contributed by atoms with E-state index in [0.29, 0.717) is 37.4 Å². The van der Waals surface area contributed by atoms with E-state index >= 15 is 0 Å². The molecule has 0 radical (unpaired) electrons. The standard InChI is InChI=1S/C39H59N5O9/c1-37(2,3)44(36(50)53-39(7,8)9)35(49)51-22-11-10-21-42(26-17-15-25(16-18-26)23-40-34(48)52-38(4,5)6)29-14-12-13-27-28(29)24-43(33(27)47)30-19-20-31(45)41-32(30)46/h12-14,25-26,30H,10-11,15-24H2,1-9H3,(H,40,48)(H,41,45,46). The van der Waals surface area contributed by atoms with Gasteiger partial charge in [-0.05, 0) is 125 Å². The van der Waals surface area contributed by atoms with Crippen molar-refractivity contribution in [2.24, 2.45) is 5.92 Å². The number of imide groups is 2. The van der Waals surface area contributed by atoms with Crippen LogP contribution in [0.1, 0.15) is 130 Å². The highest BCUT2D eigenvalue weighted by Crippen LogP contribution is 2.38. The van der Waals surface area contributed by atoms with Crippen LogP contribution in [0.25, 0.3) is 0 Å². The zero-order valence-electron chi connectivity index (χ0n) is 33.0. The Labute approximate surface area is 313 Å². The van der Waals surface area contributed by atoms with E-state index in [1.165, 1.54) is 0 Å². The van der Waals surface area contributed by atoms with E-state index in [-0.39, 0.29) is 43.8 Å². The Hall–Kier alpha value is -4.36. The summed E-state index contributed by atoms with van der Waals surface area (Å²) in [5, 5.41) is 5.29. The molecular weight excluding hydrogens is 682 g/mol. The third kappa shape index (κ3) is 11.3. The third-order valence-electron chi connectivity index (χ3n) is 9.51. The highest BCUT2D eigenvalue weighted by atomic mass is 16.6. The molecule has 3 aliphatic rings. The molecule has 1 aromatic rings. The Balaban J connectivity index is 1.46. The number of fused-ring (bicyclic) bond motifs is 1. The Kier molecular flexibility index (Phi) is 13.1. The van der Waals surface area contributed by atoms with Gasteiger partial charge in [0.05, 0.1) is 6.61 Å². The number of benzene rings is 1. The maximum Gasteiger partial charge on any atom is 0.420 e. The molecule has 4 rings (SSSR count). The fourth-order valence-corrected chi connectivity index (χ4v) is 7.08. The fourth-order valence-electron chi connectivity index (χ4n) is 7.08. The van der Waals surface area contributed by atoms with Crippen molar-refractivity contribution in [2.75, 3.05) is 24.6 Å². The minimum absolute atomic E-state index is 0.0970. The average Bonchev–Trinajstić information content (AvgIpc) is 3.36. The van der Waals surface area contributed by atoms with Crippen LogP contribution in [0, 0.1) is 5.92 Å². The monoisotopic (exact) mass is 741 g/mol. The molecule has 14 heteroatoms. The molecular formula is C39H59N5O9. The Morgan fingerprint density at radius 1 is 0.868 bits per heavy atom. The zero-order valence-corrected chi connectivity index (χ0v) is 33.0. The number of hydrogen-bond donors (Lipinski definition) is 2. The van der Waals surface area contributed by atoms with Gasteiger partial charge < -0.3 is 29.3 Å². The molecule has 1 aliphatic carbocycles. The predicted octanol–water partition coefficient (Wildman–Crippen LogP) is 6.29. The second-order valence-corrected chi connectivity index (χ2v) is 17.3. The number of nitrogens with one attached hydrogen (secondary N) is 2. The molecule has 1 atom stereocenters. The van der Waals surface area contributed by atoms with Crippen LogP contribution < -0.4 is 15.5 Å². The number of alkyl carbamates (subject to hydrolysis) is 1. The molecule has 1 saturated heterocycles. The first-order chi connectivity index (χ1) is 24.6. The molecule has 0 spiro atoms. The van der Waals surface area contributed by atoms with Crippen LogP contribution in [-0.2, 0) is 30.3 Å². The molecule has 294 valence electrons. The third-order valence-corrected chi connectivity index (χ3v) is 9.51. The number of carbonyl (C=O) groups is 6. The van der Waals surface area contributed by atoms with Crippen molar-refractivity contribution in [3.8, 4) is 0 Å². The lowest BCUT2D eigenvalue weighted by molar-refractivity contribution is -0.136. The maximum atomic E-state index is 13.7. The van der Waals surface area contributed by atoms with Crippen molar-refractivity contribution in [3.63, 3.8) is 0 Å². The number of unbranched alkanes of at least 4 members (excludes halogenated alkanes) is 1. The van der Waals surface area contributed by atoms with E-state index in [0.717, 1.165) is 41.8 Å². The summed E-state index contributed by atoms with van der Waals surface area (Å²) in [6.45, 7) is 17.4. The molecule has 2 fully saturated rings. The summed E-state index contributed by atoms with van der Waals surface area (Å²) in [4.78, 5) is 81.4. The van der Waals surface area contributed by atoms with E-state index in [1.54, 1.807) is 52.5 Å². The van der Waals surface area contributed by atoms with Crippen LogP contribution in [-0.4, -0.2) is 94.3 Å². The Morgan fingerprint density at radius 3 is 2.13 bits per heavy atom. The number of rotatable bonds is 10. The van der Waals surface area contributed by atoms with Gasteiger partial charge in [-0.3, -0.25) is 19.7 Å². The Bertz CT molecular complexity index is 1530. The zero-order chi connectivity index (χ0) is 39.3. The number of nitrogens with zero attached hydrogens (tertiary/aromatic N) is 3. The average molecular weight is 742 g/mol. The number of ether oxygens (including phenoxy) is 3. The number of hydrogen-bond acceptors (Lipinski definition) is 10. The first-order valence-corrected chi connectivity index (χ1v) is 18.8. The number of carbonyl (C=O) groups excluding carboxylic acids is 6. The van der Waals surface area contributed by atoms with Crippen molar-refractivity contribution in [2.45, 2.75) is 149 Å². The lowest BCUT2D eigenvalue weighted by Gasteiger charge is -2.39. The van der Waals surface area contributed by atoms with Gasteiger partial charge in [-0.1, -0.05) is 6.07 Å². The van der Waals surface area contributed by atoms with Crippen LogP contribution >= 0.6 is 0 Å². The molecule has 2 N–H and O–H groups in total. The SMILES string of the molecule is CC(C)(C)OC(=O)NCC1CCC(N(CCCCOC(=O)N(C(=O)OC(C)(C)C)C(C)(C)C)c2cccc3c2CN(C2CCC(=O)NC2=O)C3=O)CC1. The second-order valence-electron chi connectivity index (χ2n) is 17.3. The normalized spacial score (nSPS) is 20.7. The minimum atomic E-state index is -0.857. The molecule has 1 aromatic carbocycles. The van der Waals surface area contributed by atoms with Crippen molar-refractivity contribution >= 4 is 41.7 Å². The molecule has 0 aromatic heterocycles. The van der Waals surface area contributed by atoms with Gasteiger partial charge in [0.1, 0.15) is 17.2 Å². The van der Waals surface area contributed by atoms with Gasteiger partial charge in [-0.15, -0.1) is 0 Å². The molecule has 2 aliphatic heterocycles. The van der Waals surface area contributed by atoms with Crippen LogP contribution in [0.15, 0.2) is 18.2 Å². The molecule has 53 heavy (non-hydrogen) atoms. The lowest BCUT2D eigenvalue weighted by Crippen LogP contribution is -2.52. The quantitative estimate of drug-likeness (QED) is 0.158. The lowest BCUT2D eigenvalue weighted by atomic mass is 9.84. The van der Waals surface area contributed by atoms with Gasteiger partial charge in [0, 0.05) is 54.5 Å². The number of piperidine rings is 1. The maximum absolute atomic E-state index is 13.7. The van der Waals surface area contributed by atoms with Crippen LogP contribution in [0.3, 0.4) is 0 Å². The molecule has 2 heterocycles. The summed E-state index contributed by atoms with van der Waals surface area (Å²) in [7, 11) is 0. The summed E-state index contributed by atoms with van der Waals surface area (Å²) in [6, 6.07) is 5.09. The van der Waals surface area contributed by atoms with E-state index in [1.807, 2.05) is 32.9 Å². The summed E-state index contributed by atoms with van der Waals surface area (Å²) in [5.41, 5.74) is 0.104. The summed E-state index contributed by atoms with van der Waals surface area (Å²) < 4.78 is 16.5. The van der Waals surface area contributed by atoms with E-state index < -0.39 is 47.0 Å². The molecule has 1 unspecified atom stereocenters. The highest BCUT2D eigenvalue weighted by Gasteiger charge is 2.41. The Morgan fingerprint density at radius 2 is 1.53 bits per heavy atom. The van der Waals surface area contributed by atoms with Gasteiger partial charge in [-0.25, -0.2) is 19.3 Å². The first-order valence-electron chi connectivity index (χ1n) is 18.8. The molecule has 0 bridgehead atoms. The smallest absolute Gasteiger partial charge is 0.420 e. The molecule has 6 amide bonds. The van der Waals surface area contributed by atoms with Crippen molar-refractivity contribution in [3.05, 3.63) is 29.3 Å². The fraction of sp³-hybridized carbons (Fsp3) is 0.692. The summed E-state index contributed by atoms with van der Waals surface area (Å²) >= 11 is 0. The van der Waals surface area contributed by atoms with Crippen LogP contribution in [0.5, 0.6) is 0 Å². The highest BCUT2D eigenvalue weighted by molar-refractivity contribution is 6.06. The van der Waals surface area contributed by atoms with Gasteiger partial charge >= 0.3 is 18.3 Å².